The van der Waals surface area contributed by atoms with Gasteiger partial charge in [0, 0.05) is 18.7 Å². The van der Waals surface area contributed by atoms with Crippen LogP contribution < -0.4 is 14.8 Å². The Morgan fingerprint density at radius 2 is 1.64 bits per heavy atom. The molecule has 3 nitrogen and oxygen atoms in total. The Morgan fingerprint density at radius 3 is 2.00 bits per heavy atom. The first-order valence-corrected chi connectivity index (χ1v) is 4.57. The van der Waals surface area contributed by atoms with Gasteiger partial charge in [-0.05, 0) is 12.1 Å². The molecule has 0 spiro atoms. The van der Waals surface area contributed by atoms with Gasteiger partial charge in [-0.2, -0.15) is 0 Å². The van der Waals surface area contributed by atoms with Crippen LogP contribution in [0.3, 0.4) is 0 Å². The molecule has 14 heavy (non-hydrogen) atoms. The molecule has 4 heteroatoms. The number of benzene rings is 1. The zero-order chi connectivity index (χ0) is 10.6. The van der Waals surface area contributed by atoms with Gasteiger partial charge in [0.2, 0.25) is 0 Å². The highest BCUT2D eigenvalue weighted by atomic mass is 32.1. The maximum Gasteiger partial charge on any atom is 0.123 e. The van der Waals surface area contributed by atoms with Crippen molar-refractivity contribution < 1.29 is 9.47 Å². The van der Waals surface area contributed by atoms with Crippen LogP contribution in [0.15, 0.2) is 18.2 Å². The maximum absolute atomic E-state index is 5.12. The summed E-state index contributed by atoms with van der Waals surface area (Å²) in [5, 5.41) is 2.90. The Balaban J connectivity index is 3.10. The second kappa shape index (κ2) is 4.81. The summed E-state index contributed by atoms with van der Waals surface area (Å²) in [6, 6.07) is 5.53. The highest BCUT2D eigenvalue weighted by Crippen LogP contribution is 2.22. The Labute approximate surface area is 89.0 Å². The van der Waals surface area contributed by atoms with Crippen LogP contribution in [-0.2, 0) is 0 Å². The fourth-order valence-electron chi connectivity index (χ4n) is 1.08. The second-order valence-corrected chi connectivity index (χ2v) is 3.09. The van der Waals surface area contributed by atoms with Crippen molar-refractivity contribution in [2.24, 2.45) is 0 Å². The van der Waals surface area contributed by atoms with E-state index in [0.29, 0.717) is 4.99 Å². The van der Waals surface area contributed by atoms with Gasteiger partial charge in [-0.3, -0.25) is 0 Å². The van der Waals surface area contributed by atoms with Crippen molar-refractivity contribution in [3.05, 3.63) is 23.8 Å². The first-order chi connectivity index (χ1) is 6.71. The third-order valence-electron chi connectivity index (χ3n) is 1.84. The van der Waals surface area contributed by atoms with E-state index in [1.165, 1.54) is 0 Å². The molecule has 0 aromatic heterocycles. The van der Waals surface area contributed by atoms with Gasteiger partial charge >= 0.3 is 0 Å². The number of rotatable bonds is 3. The molecule has 76 valence electrons. The third kappa shape index (κ3) is 2.35. The van der Waals surface area contributed by atoms with Crippen molar-refractivity contribution in [3.63, 3.8) is 0 Å². The minimum Gasteiger partial charge on any atom is -0.497 e. The molecule has 0 atom stereocenters. The van der Waals surface area contributed by atoms with Crippen molar-refractivity contribution >= 4 is 17.2 Å². The largest absolute Gasteiger partial charge is 0.497 e. The molecular weight excluding hydrogens is 198 g/mol. The van der Waals surface area contributed by atoms with Gasteiger partial charge < -0.3 is 14.8 Å². The molecule has 0 heterocycles. The molecule has 0 saturated carbocycles. The Bertz CT molecular complexity index is 317. The van der Waals surface area contributed by atoms with Crippen LogP contribution in [0.1, 0.15) is 5.56 Å². The summed E-state index contributed by atoms with van der Waals surface area (Å²) in [5.74, 6) is 1.47. The predicted molar refractivity (Wildman–Crippen MR) is 60.3 cm³/mol. The van der Waals surface area contributed by atoms with E-state index in [-0.39, 0.29) is 0 Å². The fourth-order valence-corrected chi connectivity index (χ4v) is 1.20. The van der Waals surface area contributed by atoms with E-state index in [2.05, 4.69) is 5.32 Å². The molecule has 0 amide bonds. The summed E-state index contributed by atoms with van der Waals surface area (Å²) in [6.45, 7) is 0. The first kappa shape index (κ1) is 10.8. The van der Waals surface area contributed by atoms with Gasteiger partial charge in [-0.25, -0.2) is 0 Å². The smallest absolute Gasteiger partial charge is 0.123 e. The van der Waals surface area contributed by atoms with Gasteiger partial charge in [-0.15, -0.1) is 0 Å². The molecule has 0 aliphatic carbocycles. The van der Waals surface area contributed by atoms with E-state index < -0.39 is 0 Å². The van der Waals surface area contributed by atoms with Crippen LogP contribution in [0.25, 0.3) is 0 Å². The Kier molecular flexibility index (Phi) is 3.71. The molecule has 0 bridgehead atoms. The molecule has 1 aromatic carbocycles. The lowest BCUT2D eigenvalue weighted by atomic mass is 10.2. The van der Waals surface area contributed by atoms with E-state index in [4.69, 9.17) is 21.7 Å². The summed E-state index contributed by atoms with van der Waals surface area (Å²) in [4.78, 5) is 0.669. The summed E-state index contributed by atoms with van der Waals surface area (Å²) < 4.78 is 10.2. The van der Waals surface area contributed by atoms with Gasteiger partial charge in [0.25, 0.3) is 0 Å². The molecule has 0 aliphatic rings. The van der Waals surface area contributed by atoms with Crippen LogP contribution in [0, 0.1) is 0 Å². The van der Waals surface area contributed by atoms with E-state index in [0.717, 1.165) is 17.1 Å². The predicted octanol–water partition coefficient (Wildman–Crippen LogP) is 1.60. The Morgan fingerprint density at radius 1 is 1.14 bits per heavy atom. The van der Waals surface area contributed by atoms with Gasteiger partial charge in [0.1, 0.15) is 16.5 Å². The Hall–Kier alpha value is -1.29. The molecule has 0 aliphatic heterocycles. The summed E-state index contributed by atoms with van der Waals surface area (Å²) >= 11 is 5.11. The van der Waals surface area contributed by atoms with E-state index >= 15 is 0 Å². The third-order valence-corrected chi connectivity index (χ3v) is 2.28. The normalized spacial score (nSPS) is 9.36. The van der Waals surface area contributed by atoms with Gasteiger partial charge in [-0.1, -0.05) is 12.2 Å². The topological polar surface area (TPSA) is 30.5 Å². The monoisotopic (exact) mass is 211 g/mol. The lowest BCUT2D eigenvalue weighted by molar-refractivity contribution is 0.394. The summed E-state index contributed by atoms with van der Waals surface area (Å²) in [7, 11) is 5.01. The summed E-state index contributed by atoms with van der Waals surface area (Å²) in [5.41, 5.74) is 0.888. The van der Waals surface area contributed by atoms with E-state index in [1.807, 2.05) is 18.2 Å². The van der Waals surface area contributed by atoms with Gasteiger partial charge in [0.15, 0.2) is 0 Å². The average Bonchev–Trinajstić information content (AvgIpc) is 2.27. The average molecular weight is 211 g/mol. The minimum absolute atomic E-state index is 0.669. The van der Waals surface area contributed by atoms with Crippen LogP contribution in [-0.4, -0.2) is 26.3 Å². The zero-order valence-corrected chi connectivity index (χ0v) is 9.27. The molecule has 0 fully saturated rings. The quantitative estimate of drug-likeness (QED) is 0.769. The first-order valence-electron chi connectivity index (χ1n) is 4.16. The lowest BCUT2D eigenvalue weighted by Crippen LogP contribution is -2.16. The van der Waals surface area contributed by atoms with Crippen LogP contribution >= 0.6 is 12.2 Å². The summed E-state index contributed by atoms with van der Waals surface area (Å²) in [6.07, 6.45) is 0. The number of thiocarbonyl (C=S) groups is 1. The van der Waals surface area contributed by atoms with Crippen molar-refractivity contribution in [2.45, 2.75) is 0 Å². The fraction of sp³-hybridized carbons (Fsp3) is 0.300. The van der Waals surface area contributed by atoms with Crippen LogP contribution in [0.5, 0.6) is 11.5 Å². The lowest BCUT2D eigenvalue weighted by Gasteiger charge is -2.08. The van der Waals surface area contributed by atoms with E-state index in [1.54, 1.807) is 21.3 Å². The van der Waals surface area contributed by atoms with Gasteiger partial charge in [0.05, 0.1) is 14.2 Å². The van der Waals surface area contributed by atoms with Crippen molar-refractivity contribution in [1.29, 1.82) is 0 Å². The number of ether oxygens (including phenoxy) is 2. The number of hydrogen-bond donors (Lipinski definition) is 1. The highest BCUT2D eigenvalue weighted by molar-refractivity contribution is 7.80. The van der Waals surface area contributed by atoms with Crippen molar-refractivity contribution in [2.75, 3.05) is 21.3 Å². The molecule has 0 radical (unpaired) electrons. The molecule has 1 rings (SSSR count). The highest BCUT2D eigenvalue weighted by Gasteiger charge is 2.04. The molecule has 1 aromatic rings. The number of methoxy groups -OCH3 is 2. The molecular formula is C10H13NO2S. The minimum atomic E-state index is 0.669. The van der Waals surface area contributed by atoms with Crippen LogP contribution in [0.4, 0.5) is 0 Å². The zero-order valence-electron chi connectivity index (χ0n) is 8.46. The molecule has 0 unspecified atom stereocenters. The van der Waals surface area contributed by atoms with Crippen LogP contribution in [0.2, 0.25) is 0 Å². The van der Waals surface area contributed by atoms with E-state index in [9.17, 15) is 0 Å². The number of hydrogen-bond acceptors (Lipinski definition) is 3. The maximum atomic E-state index is 5.12. The molecule has 0 saturated heterocycles. The molecule has 1 N–H and O–H groups in total. The standard InChI is InChI=1S/C10H13NO2S/c1-11-10(14)7-4-8(12-2)6-9(5-7)13-3/h4-6H,1-3H3,(H,11,14). The van der Waals surface area contributed by atoms with Crippen molar-refractivity contribution in [3.8, 4) is 11.5 Å². The second-order valence-electron chi connectivity index (χ2n) is 2.68. The SMILES string of the molecule is CNC(=S)c1cc(OC)cc(OC)c1. The number of nitrogens with one attached hydrogen (secondary N) is 1. The van der Waals surface area contributed by atoms with Crippen molar-refractivity contribution in [1.82, 2.24) is 5.32 Å².